The van der Waals surface area contributed by atoms with E-state index in [0.717, 1.165) is 36.2 Å². The lowest BCUT2D eigenvalue weighted by atomic mass is 9.70. The van der Waals surface area contributed by atoms with Crippen LogP contribution in [0, 0.1) is 23.6 Å². The number of halogens is 2. The van der Waals surface area contributed by atoms with Crippen molar-refractivity contribution in [2.24, 2.45) is 17.8 Å². The molecule has 0 heterocycles. The Bertz CT molecular complexity index is 613. The van der Waals surface area contributed by atoms with Gasteiger partial charge in [0.15, 0.2) is 0 Å². The molecule has 27 heavy (non-hydrogen) atoms. The maximum atomic E-state index is 13.7. The van der Waals surface area contributed by atoms with Gasteiger partial charge in [-0.2, -0.15) is 0 Å². The second-order valence-corrected chi connectivity index (χ2v) is 9.78. The Morgan fingerprint density at radius 3 is 2.48 bits per heavy atom. The van der Waals surface area contributed by atoms with Crippen LogP contribution in [0.2, 0.25) is 0 Å². The molecule has 1 aromatic carbocycles. The Labute approximate surface area is 174 Å². The van der Waals surface area contributed by atoms with Crippen LogP contribution in [0.3, 0.4) is 0 Å². The summed E-state index contributed by atoms with van der Waals surface area (Å²) in [5.74, 6) is 2.78. The molecule has 0 aliphatic heterocycles. The molecule has 0 aromatic heterocycles. The van der Waals surface area contributed by atoms with Gasteiger partial charge in [-0.05, 0) is 96.3 Å². The van der Waals surface area contributed by atoms with Crippen LogP contribution in [-0.4, -0.2) is 0 Å². The van der Waals surface area contributed by atoms with Gasteiger partial charge in [0.25, 0.3) is 0 Å². The Balaban J connectivity index is 1.39. The third-order valence-corrected chi connectivity index (χ3v) is 7.68. The molecule has 0 spiro atoms. The van der Waals surface area contributed by atoms with Crippen molar-refractivity contribution < 1.29 is 4.39 Å². The number of benzene rings is 1. The fraction of sp³-hybridized carbons (Fsp3) is 0.680. The fourth-order valence-electron chi connectivity index (χ4n) is 5.20. The monoisotopic (exact) mass is 434 g/mol. The van der Waals surface area contributed by atoms with Crippen molar-refractivity contribution in [2.45, 2.75) is 90.4 Å². The number of allylic oxidation sites excluding steroid dienone is 2. The van der Waals surface area contributed by atoms with E-state index in [1.807, 2.05) is 12.1 Å². The van der Waals surface area contributed by atoms with Crippen molar-refractivity contribution in [1.82, 2.24) is 0 Å². The van der Waals surface area contributed by atoms with Crippen molar-refractivity contribution in [3.05, 3.63) is 45.7 Å². The second-order valence-electron chi connectivity index (χ2n) is 8.92. The normalized spacial score (nSPS) is 26.0. The third kappa shape index (κ3) is 6.44. The third-order valence-electron chi connectivity index (χ3n) is 7.04. The molecule has 1 unspecified atom stereocenters. The molecular formula is C25H36BrF. The van der Waals surface area contributed by atoms with Gasteiger partial charge in [0.2, 0.25) is 0 Å². The average Bonchev–Trinajstić information content (AvgIpc) is 2.70. The largest absolute Gasteiger partial charge is 0.206 e. The van der Waals surface area contributed by atoms with E-state index in [2.05, 4.69) is 28.9 Å². The van der Waals surface area contributed by atoms with E-state index in [4.69, 9.17) is 0 Å². The molecule has 0 bridgehead atoms. The maximum Gasteiger partial charge on any atom is 0.137 e. The Kier molecular flexibility index (Phi) is 8.43. The predicted molar refractivity (Wildman–Crippen MR) is 117 cm³/mol. The molecule has 150 valence electrons. The van der Waals surface area contributed by atoms with E-state index in [0.29, 0.717) is 4.47 Å². The highest BCUT2D eigenvalue weighted by Crippen LogP contribution is 2.41. The summed E-state index contributed by atoms with van der Waals surface area (Å²) in [6.45, 7) is 2.30. The Morgan fingerprint density at radius 1 is 1.00 bits per heavy atom. The first-order valence-electron chi connectivity index (χ1n) is 11.3. The van der Waals surface area contributed by atoms with E-state index in [1.165, 1.54) is 70.6 Å². The summed E-state index contributed by atoms with van der Waals surface area (Å²) in [6, 6.07) is 5.54. The second kappa shape index (κ2) is 10.8. The Morgan fingerprint density at radius 2 is 1.81 bits per heavy atom. The lowest BCUT2D eigenvalue weighted by Crippen LogP contribution is -2.23. The lowest BCUT2D eigenvalue weighted by molar-refractivity contribution is 0.185. The molecule has 1 fully saturated rings. The number of rotatable bonds is 8. The molecule has 2 aliphatic carbocycles. The van der Waals surface area contributed by atoms with Crippen LogP contribution in [0.1, 0.15) is 89.5 Å². The molecule has 2 heteroatoms. The lowest BCUT2D eigenvalue weighted by Gasteiger charge is -2.35. The standard InChI is InChI=1S/C25H36BrF/c1-2-3-4-5-19-8-13-22(14-9-19)23-15-10-20(11-16-23)6-7-21-12-17-24(26)25(27)18-21/h10,12,17-19,22-23H,2-9,11,13-16H2,1H3/t19-,22-,23?. The van der Waals surface area contributed by atoms with Crippen LogP contribution >= 0.6 is 15.9 Å². The first kappa shape index (κ1) is 21.1. The molecule has 2 aliphatic rings. The van der Waals surface area contributed by atoms with Gasteiger partial charge in [0.05, 0.1) is 4.47 Å². The smallest absolute Gasteiger partial charge is 0.137 e. The molecule has 0 N–H and O–H groups in total. The molecule has 1 aromatic rings. The summed E-state index contributed by atoms with van der Waals surface area (Å²) in [5.41, 5.74) is 2.71. The minimum Gasteiger partial charge on any atom is -0.206 e. The highest BCUT2D eigenvalue weighted by Gasteiger charge is 2.28. The first-order chi connectivity index (χ1) is 13.2. The van der Waals surface area contributed by atoms with Crippen molar-refractivity contribution >= 4 is 15.9 Å². The van der Waals surface area contributed by atoms with E-state index >= 15 is 0 Å². The fourth-order valence-corrected chi connectivity index (χ4v) is 5.44. The van der Waals surface area contributed by atoms with E-state index in [9.17, 15) is 4.39 Å². The van der Waals surface area contributed by atoms with Gasteiger partial charge < -0.3 is 0 Å². The van der Waals surface area contributed by atoms with Gasteiger partial charge in [-0.15, -0.1) is 0 Å². The summed E-state index contributed by atoms with van der Waals surface area (Å²) in [6.07, 6.45) is 20.1. The van der Waals surface area contributed by atoms with Crippen molar-refractivity contribution in [1.29, 1.82) is 0 Å². The summed E-state index contributed by atoms with van der Waals surface area (Å²) in [7, 11) is 0. The van der Waals surface area contributed by atoms with Crippen LogP contribution in [0.15, 0.2) is 34.3 Å². The molecule has 1 saturated carbocycles. The Hall–Kier alpha value is -0.630. The molecule has 0 radical (unpaired) electrons. The summed E-state index contributed by atoms with van der Waals surface area (Å²) in [4.78, 5) is 0. The van der Waals surface area contributed by atoms with Crippen LogP contribution in [-0.2, 0) is 6.42 Å². The van der Waals surface area contributed by atoms with Gasteiger partial charge in [-0.3, -0.25) is 0 Å². The van der Waals surface area contributed by atoms with Crippen molar-refractivity contribution in [3.8, 4) is 0 Å². The van der Waals surface area contributed by atoms with E-state index in [1.54, 1.807) is 11.6 Å². The number of hydrogen-bond acceptors (Lipinski definition) is 0. The highest BCUT2D eigenvalue weighted by molar-refractivity contribution is 9.10. The van der Waals surface area contributed by atoms with Gasteiger partial charge in [0, 0.05) is 0 Å². The zero-order chi connectivity index (χ0) is 19.1. The predicted octanol–water partition coefficient (Wildman–Crippen LogP) is 8.63. The maximum absolute atomic E-state index is 13.7. The molecule has 1 atom stereocenters. The molecule has 0 saturated heterocycles. The van der Waals surface area contributed by atoms with Crippen LogP contribution < -0.4 is 0 Å². The summed E-state index contributed by atoms with van der Waals surface area (Å²) >= 11 is 3.23. The zero-order valence-corrected chi connectivity index (χ0v) is 18.6. The van der Waals surface area contributed by atoms with E-state index < -0.39 is 0 Å². The summed E-state index contributed by atoms with van der Waals surface area (Å²) in [5, 5.41) is 0. The molecular weight excluding hydrogens is 399 g/mol. The van der Waals surface area contributed by atoms with Gasteiger partial charge in [-0.25, -0.2) is 4.39 Å². The van der Waals surface area contributed by atoms with Crippen molar-refractivity contribution in [3.63, 3.8) is 0 Å². The van der Waals surface area contributed by atoms with Crippen LogP contribution in [0.5, 0.6) is 0 Å². The number of unbranched alkanes of at least 4 members (excludes halogenated alkanes) is 2. The average molecular weight is 435 g/mol. The SMILES string of the molecule is CCCCC[C@H]1CC[C@H](C2CC=C(CCc3ccc(Br)c(F)c3)CC2)CC1. The first-order valence-corrected chi connectivity index (χ1v) is 12.1. The van der Waals surface area contributed by atoms with Gasteiger partial charge >= 0.3 is 0 Å². The quantitative estimate of drug-likeness (QED) is 0.283. The van der Waals surface area contributed by atoms with E-state index in [-0.39, 0.29) is 5.82 Å². The van der Waals surface area contributed by atoms with Crippen LogP contribution in [0.4, 0.5) is 4.39 Å². The minimum atomic E-state index is -0.143. The molecule has 0 amide bonds. The molecule has 3 rings (SSSR count). The number of hydrogen-bond donors (Lipinski definition) is 0. The molecule has 0 nitrogen and oxygen atoms in total. The topological polar surface area (TPSA) is 0 Å². The van der Waals surface area contributed by atoms with Gasteiger partial charge in [-0.1, -0.05) is 63.2 Å². The minimum absolute atomic E-state index is 0.143. The highest BCUT2D eigenvalue weighted by atomic mass is 79.9. The number of aryl methyl sites for hydroxylation is 1. The van der Waals surface area contributed by atoms with Gasteiger partial charge in [0.1, 0.15) is 5.82 Å². The van der Waals surface area contributed by atoms with Crippen molar-refractivity contribution in [2.75, 3.05) is 0 Å². The summed E-state index contributed by atoms with van der Waals surface area (Å²) < 4.78 is 14.2. The van der Waals surface area contributed by atoms with Crippen LogP contribution in [0.25, 0.3) is 0 Å². The zero-order valence-electron chi connectivity index (χ0n) is 17.0.